The number of sulfonamides is 1. The summed E-state index contributed by atoms with van der Waals surface area (Å²) in [6.07, 6.45) is -0.126. The van der Waals surface area contributed by atoms with Crippen LogP contribution < -0.4 is 10.2 Å². The van der Waals surface area contributed by atoms with Crippen LogP contribution >= 0.6 is 27.7 Å². The molecule has 0 bridgehead atoms. The molecule has 0 spiro atoms. The minimum absolute atomic E-state index is 0.00464. The van der Waals surface area contributed by atoms with Crippen LogP contribution in [-0.4, -0.2) is 30.6 Å². The van der Waals surface area contributed by atoms with Gasteiger partial charge in [-0.1, -0.05) is 64.1 Å². The van der Waals surface area contributed by atoms with Gasteiger partial charge in [0.1, 0.15) is 5.25 Å². The van der Waals surface area contributed by atoms with Crippen molar-refractivity contribution >= 4 is 66.1 Å². The lowest BCUT2D eigenvalue weighted by molar-refractivity contribution is -0.121. The summed E-state index contributed by atoms with van der Waals surface area (Å²) in [5.74, 6) is -0.744. The number of aryl methyl sites for hydroxylation is 1. The van der Waals surface area contributed by atoms with E-state index >= 15 is 0 Å². The van der Waals surface area contributed by atoms with Crippen molar-refractivity contribution in [2.45, 2.75) is 23.5 Å². The third-order valence-corrected chi connectivity index (χ3v) is 8.11. The number of nitrogens with one attached hydrogen (secondary N) is 1. The Kier molecular flexibility index (Phi) is 7.20. The van der Waals surface area contributed by atoms with Crippen LogP contribution in [0.3, 0.4) is 0 Å². The number of amidine groups is 1. The fourth-order valence-corrected chi connectivity index (χ4v) is 5.92. The smallest absolute Gasteiger partial charge is 0.284 e. The second-order valence-electron chi connectivity index (χ2n) is 7.49. The lowest BCUT2D eigenvalue weighted by Crippen LogP contribution is -2.33. The minimum Gasteiger partial charge on any atom is -0.326 e. The number of nitrogens with zero attached hydrogens (tertiary/aromatic N) is 2. The summed E-state index contributed by atoms with van der Waals surface area (Å²) in [7, 11) is -4.08. The van der Waals surface area contributed by atoms with E-state index in [-0.39, 0.29) is 22.4 Å². The van der Waals surface area contributed by atoms with Gasteiger partial charge < -0.3 is 5.32 Å². The molecule has 174 valence electrons. The standard InChI is InChI=1S/C24H20BrN3O4S2/c1-16-7-5-6-10-20(16)26-22(29)15-21-23(30)28(18-8-3-2-4-9-18)24(33-21)27-34(31,32)19-13-11-17(25)12-14-19/h2-14,21H,15H2,1H3,(H,26,29)/b27-24+. The van der Waals surface area contributed by atoms with Gasteiger partial charge in [-0.3, -0.25) is 14.5 Å². The molecule has 1 N–H and O–H groups in total. The van der Waals surface area contributed by atoms with Crippen molar-refractivity contribution in [3.05, 3.63) is 88.9 Å². The van der Waals surface area contributed by atoms with Crippen LogP contribution in [0, 0.1) is 6.92 Å². The third kappa shape index (κ3) is 5.40. The number of benzene rings is 3. The molecular weight excluding hydrogens is 538 g/mol. The molecule has 2 amide bonds. The number of thioether (sulfide) groups is 1. The number of hydrogen-bond donors (Lipinski definition) is 1. The molecule has 4 rings (SSSR count). The zero-order chi connectivity index (χ0) is 24.3. The van der Waals surface area contributed by atoms with Crippen LogP contribution in [0.5, 0.6) is 0 Å². The van der Waals surface area contributed by atoms with Gasteiger partial charge in [0.25, 0.3) is 10.0 Å². The molecule has 10 heteroatoms. The number of carbonyl (C=O) groups excluding carboxylic acids is 2. The summed E-state index contributed by atoms with van der Waals surface area (Å²) in [4.78, 5) is 27.2. The van der Waals surface area contributed by atoms with Crippen molar-refractivity contribution in [3.63, 3.8) is 0 Å². The highest BCUT2D eigenvalue weighted by Gasteiger charge is 2.41. The maximum absolute atomic E-state index is 13.3. The second-order valence-corrected chi connectivity index (χ2v) is 11.2. The molecule has 0 radical (unpaired) electrons. The van der Waals surface area contributed by atoms with E-state index in [0.29, 0.717) is 11.4 Å². The molecule has 3 aromatic carbocycles. The average Bonchev–Trinajstić information content (AvgIpc) is 3.10. The van der Waals surface area contributed by atoms with Crippen LogP contribution in [0.15, 0.2) is 92.6 Å². The maximum atomic E-state index is 13.3. The van der Waals surface area contributed by atoms with Gasteiger partial charge in [-0.15, -0.1) is 4.40 Å². The van der Waals surface area contributed by atoms with E-state index in [4.69, 9.17) is 0 Å². The Hall–Kier alpha value is -2.95. The number of para-hydroxylation sites is 2. The van der Waals surface area contributed by atoms with Crippen molar-refractivity contribution in [1.29, 1.82) is 0 Å². The van der Waals surface area contributed by atoms with Gasteiger partial charge >= 0.3 is 0 Å². The lowest BCUT2D eigenvalue weighted by Gasteiger charge is -2.16. The topological polar surface area (TPSA) is 95.9 Å². The largest absolute Gasteiger partial charge is 0.326 e. The number of amides is 2. The number of anilines is 2. The van der Waals surface area contributed by atoms with Crippen LogP contribution in [0.4, 0.5) is 11.4 Å². The molecule has 1 aliphatic heterocycles. The summed E-state index contributed by atoms with van der Waals surface area (Å²) < 4.78 is 30.6. The van der Waals surface area contributed by atoms with Crippen molar-refractivity contribution in [2.75, 3.05) is 10.2 Å². The normalized spacial score (nSPS) is 17.2. The van der Waals surface area contributed by atoms with Crippen molar-refractivity contribution in [1.82, 2.24) is 0 Å². The van der Waals surface area contributed by atoms with Gasteiger partial charge in [-0.25, -0.2) is 0 Å². The molecule has 1 unspecified atom stereocenters. The Balaban J connectivity index is 1.63. The lowest BCUT2D eigenvalue weighted by atomic mass is 10.2. The molecule has 1 saturated heterocycles. The Bertz CT molecular complexity index is 1360. The molecule has 3 aromatic rings. The summed E-state index contributed by atoms with van der Waals surface area (Å²) in [6.45, 7) is 1.87. The number of halogens is 1. The fourth-order valence-electron chi connectivity index (χ4n) is 3.32. The van der Waals surface area contributed by atoms with E-state index in [0.717, 1.165) is 21.8 Å². The monoisotopic (exact) mass is 557 g/mol. The molecule has 0 aliphatic carbocycles. The first-order valence-electron chi connectivity index (χ1n) is 10.3. The molecule has 1 aliphatic rings. The average molecular weight is 558 g/mol. The van der Waals surface area contributed by atoms with E-state index in [1.165, 1.54) is 17.0 Å². The SMILES string of the molecule is Cc1ccccc1NC(=O)CC1S/C(=N/S(=O)(=O)c2ccc(Br)cc2)N(c2ccccc2)C1=O. The second kappa shape index (κ2) is 10.1. The first-order valence-corrected chi connectivity index (χ1v) is 13.4. The molecule has 1 fully saturated rings. The molecule has 0 saturated carbocycles. The first kappa shape index (κ1) is 24.2. The minimum atomic E-state index is -4.08. The molecule has 0 aromatic heterocycles. The van der Waals surface area contributed by atoms with Crippen molar-refractivity contribution in [3.8, 4) is 0 Å². The van der Waals surface area contributed by atoms with Gasteiger partial charge in [0.15, 0.2) is 5.17 Å². The molecule has 1 heterocycles. The Morgan fingerprint density at radius 3 is 2.35 bits per heavy atom. The predicted molar refractivity (Wildman–Crippen MR) is 138 cm³/mol. The Morgan fingerprint density at radius 2 is 1.68 bits per heavy atom. The van der Waals surface area contributed by atoms with Gasteiger partial charge in [-0.05, 0) is 55.0 Å². The molecule has 1 atom stereocenters. The van der Waals surface area contributed by atoms with Crippen molar-refractivity contribution in [2.24, 2.45) is 4.40 Å². The zero-order valence-corrected chi connectivity index (χ0v) is 21.2. The van der Waals surface area contributed by atoms with Gasteiger partial charge in [0, 0.05) is 16.6 Å². The number of rotatable bonds is 6. The van der Waals surface area contributed by atoms with Gasteiger partial charge in [-0.2, -0.15) is 8.42 Å². The highest BCUT2D eigenvalue weighted by Crippen LogP contribution is 2.35. The summed E-state index contributed by atoms with van der Waals surface area (Å²) in [6, 6.07) is 22.1. The number of hydrogen-bond acceptors (Lipinski definition) is 5. The van der Waals surface area contributed by atoms with E-state index in [1.807, 2.05) is 25.1 Å². The first-order chi connectivity index (χ1) is 16.2. The van der Waals surface area contributed by atoms with Gasteiger partial charge in [0.2, 0.25) is 11.8 Å². The summed E-state index contributed by atoms with van der Waals surface area (Å²) in [5, 5.41) is 2.01. The van der Waals surface area contributed by atoms with Gasteiger partial charge in [0.05, 0.1) is 10.6 Å². The van der Waals surface area contributed by atoms with E-state index < -0.39 is 21.2 Å². The van der Waals surface area contributed by atoms with Crippen LogP contribution in [-0.2, 0) is 19.6 Å². The molecular formula is C24H20BrN3O4S2. The molecule has 7 nitrogen and oxygen atoms in total. The summed E-state index contributed by atoms with van der Waals surface area (Å²) >= 11 is 4.25. The summed E-state index contributed by atoms with van der Waals surface area (Å²) in [5.41, 5.74) is 2.04. The Morgan fingerprint density at radius 1 is 1.03 bits per heavy atom. The van der Waals surface area contributed by atoms with E-state index in [2.05, 4.69) is 25.6 Å². The molecule has 34 heavy (non-hydrogen) atoms. The van der Waals surface area contributed by atoms with Crippen LogP contribution in [0.25, 0.3) is 0 Å². The fraction of sp³-hybridized carbons (Fsp3) is 0.125. The Labute approximate surface area is 210 Å². The van der Waals surface area contributed by atoms with Crippen molar-refractivity contribution < 1.29 is 18.0 Å². The van der Waals surface area contributed by atoms with Crippen LogP contribution in [0.1, 0.15) is 12.0 Å². The van der Waals surface area contributed by atoms with E-state index in [9.17, 15) is 18.0 Å². The third-order valence-electron chi connectivity index (χ3n) is 5.05. The van der Waals surface area contributed by atoms with Crippen LogP contribution in [0.2, 0.25) is 0 Å². The number of carbonyl (C=O) groups is 2. The predicted octanol–water partition coefficient (Wildman–Crippen LogP) is 4.98. The highest BCUT2D eigenvalue weighted by molar-refractivity contribution is 9.10. The zero-order valence-electron chi connectivity index (χ0n) is 18.0. The van der Waals surface area contributed by atoms with E-state index in [1.54, 1.807) is 48.5 Å². The quantitative estimate of drug-likeness (QED) is 0.461. The highest BCUT2D eigenvalue weighted by atomic mass is 79.9. The maximum Gasteiger partial charge on any atom is 0.284 e.